The molecule has 0 aromatic carbocycles. The lowest BCUT2D eigenvalue weighted by atomic mass is 10.4. The van der Waals surface area contributed by atoms with Crippen LogP contribution in [0.4, 0.5) is 0 Å². The summed E-state index contributed by atoms with van der Waals surface area (Å²) in [7, 11) is 2.07. The van der Waals surface area contributed by atoms with Crippen LogP contribution in [-0.2, 0) is 8.85 Å². The molecule has 0 spiro atoms. The molecule has 9 heavy (non-hydrogen) atoms. The third kappa shape index (κ3) is 4.63. The molecule has 0 N–H and O–H groups in total. The summed E-state index contributed by atoms with van der Waals surface area (Å²) in [5.74, 6) is 0. The fourth-order valence-corrected chi connectivity index (χ4v) is 1.77. The zero-order valence-corrected chi connectivity index (χ0v) is 7.54. The molecule has 0 rings (SSSR count). The summed E-state index contributed by atoms with van der Waals surface area (Å²) in [5.41, 5.74) is 0. The Hall–Kier alpha value is 0.137. The summed E-state index contributed by atoms with van der Waals surface area (Å²) in [6, 6.07) is 2.15. The largest absolute Gasteiger partial charge is 0.400 e. The van der Waals surface area contributed by atoms with Gasteiger partial charge in [-0.15, -0.1) is 0 Å². The Morgan fingerprint density at radius 1 is 1.33 bits per heavy atom. The summed E-state index contributed by atoms with van der Waals surface area (Å²) >= 11 is 0. The molecule has 0 fully saturated rings. The van der Waals surface area contributed by atoms with E-state index in [0.717, 1.165) is 6.42 Å². The van der Waals surface area contributed by atoms with Gasteiger partial charge in [0.25, 0.3) is 0 Å². The molecule has 0 aromatic rings. The van der Waals surface area contributed by atoms with E-state index in [-0.39, 0.29) is 0 Å². The second-order valence-corrected chi connectivity index (χ2v) is 4.02. The van der Waals surface area contributed by atoms with E-state index < -0.39 is 9.28 Å². The summed E-state index contributed by atoms with van der Waals surface area (Å²) in [6.45, 7) is 2.15. The maximum atomic E-state index is 5.06. The minimum atomic E-state index is -1.33. The van der Waals surface area contributed by atoms with Crippen molar-refractivity contribution in [2.75, 3.05) is 14.2 Å². The number of unbranched alkanes of at least 4 members (excludes halogenated alkanes) is 1. The summed E-state index contributed by atoms with van der Waals surface area (Å²) in [4.78, 5) is 0. The normalized spacial score (nSPS) is 10.7. The molecule has 0 saturated heterocycles. The first-order chi connectivity index (χ1) is 4.35. The molecule has 2 nitrogen and oxygen atoms in total. The van der Waals surface area contributed by atoms with Crippen molar-refractivity contribution >= 4 is 9.28 Å². The fourth-order valence-electron chi connectivity index (χ4n) is 0.591. The molecule has 0 heterocycles. The van der Waals surface area contributed by atoms with Crippen LogP contribution in [0, 0.1) is 6.04 Å². The Balaban J connectivity index is 3.09. The Morgan fingerprint density at radius 3 is 2.22 bits per heavy atom. The van der Waals surface area contributed by atoms with Crippen molar-refractivity contribution in [1.82, 2.24) is 0 Å². The Bertz CT molecular complexity index is 55.0. The molecule has 0 saturated carbocycles. The predicted octanol–water partition coefficient (Wildman–Crippen LogP) is 1.04. The van der Waals surface area contributed by atoms with Gasteiger partial charge in [0, 0.05) is 20.3 Å². The smallest absolute Gasteiger partial charge is 0.324 e. The van der Waals surface area contributed by atoms with Gasteiger partial charge in [-0.05, 0) is 6.42 Å². The highest BCUT2D eigenvalue weighted by Crippen LogP contribution is 1.97. The highest BCUT2D eigenvalue weighted by Gasteiger charge is 2.06. The number of rotatable bonds is 5. The van der Waals surface area contributed by atoms with Crippen molar-refractivity contribution < 1.29 is 8.85 Å². The van der Waals surface area contributed by atoms with E-state index >= 15 is 0 Å². The third-order valence-corrected chi connectivity index (χ3v) is 2.76. The lowest BCUT2D eigenvalue weighted by Gasteiger charge is -2.08. The molecule has 0 bridgehead atoms. The van der Waals surface area contributed by atoms with Crippen molar-refractivity contribution in [3.63, 3.8) is 0 Å². The molecule has 0 unspecified atom stereocenters. The van der Waals surface area contributed by atoms with E-state index in [1.54, 1.807) is 14.2 Å². The van der Waals surface area contributed by atoms with Gasteiger partial charge in [-0.1, -0.05) is 13.3 Å². The Labute approximate surface area is 59.0 Å². The average molecular weight is 147 g/mol. The molecule has 0 atom stereocenters. The quantitative estimate of drug-likeness (QED) is 0.541. The second-order valence-electron chi connectivity index (χ2n) is 1.86. The van der Waals surface area contributed by atoms with Crippen molar-refractivity contribution in [1.29, 1.82) is 0 Å². The molecule has 0 aliphatic rings. The topological polar surface area (TPSA) is 18.5 Å². The minimum Gasteiger partial charge on any atom is -0.400 e. The summed E-state index contributed by atoms with van der Waals surface area (Å²) < 4.78 is 10.1. The van der Waals surface area contributed by atoms with Crippen LogP contribution >= 0.6 is 0 Å². The molecule has 0 aliphatic heterocycles. The molecule has 0 aliphatic carbocycles. The van der Waals surface area contributed by atoms with Crippen molar-refractivity contribution in [2.24, 2.45) is 0 Å². The third-order valence-electron chi connectivity index (χ3n) is 1.11. The van der Waals surface area contributed by atoms with Crippen LogP contribution in [0.15, 0.2) is 0 Å². The van der Waals surface area contributed by atoms with Gasteiger partial charge in [0.1, 0.15) is 0 Å². The van der Waals surface area contributed by atoms with Crippen molar-refractivity contribution in [2.45, 2.75) is 19.8 Å². The first kappa shape index (κ1) is 9.14. The Morgan fingerprint density at radius 2 is 1.89 bits per heavy atom. The lowest BCUT2D eigenvalue weighted by molar-refractivity contribution is 0.284. The maximum absolute atomic E-state index is 5.06. The standard InChI is InChI=1S/C6H15O2Si/c1-4-5-6-9(7-2)8-3/h6,9H,4-5H2,1-3H3. The van der Waals surface area contributed by atoms with E-state index in [4.69, 9.17) is 8.85 Å². The SMILES string of the molecule is CCC[CH][SiH](OC)OC. The first-order valence-electron chi connectivity index (χ1n) is 3.24. The van der Waals surface area contributed by atoms with Gasteiger partial charge in [-0.3, -0.25) is 0 Å². The van der Waals surface area contributed by atoms with Crippen LogP contribution in [0.2, 0.25) is 0 Å². The van der Waals surface area contributed by atoms with Crippen LogP contribution in [-0.4, -0.2) is 23.5 Å². The van der Waals surface area contributed by atoms with E-state index in [1.165, 1.54) is 6.42 Å². The van der Waals surface area contributed by atoms with Gasteiger partial charge >= 0.3 is 9.28 Å². The monoisotopic (exact) mass is 147 g/mol. The van der Waals surface area contributed by atoms with Gasteiger partial charge in [-0.25, -0.2) is 0 Å². The van der Waals surface area contributed by atoms with Gasteiger partial charge < -0.3 is 8.85 Å². The van der Waals surface area contributed by atoms with Gasteiger partial charge in [0.05, 0.1) is 0 Å². The van der Waals surface area contributed by atoms with Crippen LogP contribution in [0.25, 0.3) is 0 Å². The highest BCUT2D eigenvalue weighted by atomic mass is 28.3. The number of hydrogen-bond donors (Lipinski definition) is 0. The minimum absolute atomic E-state index is 1.11. The van der Waals surface area contributed by atoms with Crippen LogP contribution in [0.3, 0.4) is 0 Å². The fraction of sp³-hybridized carbons (Fsp3) is 0.833. The van der Waals surface area contributed by atoms with Crippen molar-refractivity contribution in [3.05, 3.63) is 6.04 Å². The maximum Gasteiger partial charge on any atom is 0.324 e. The van der Waals surface area contributed by atoms with Crippen LogP contribution in [0.1, 0.15) is 19.8 Å². The Kier molecular flexibility index (Phi) is 6.35. The van der Waals surface area contributed by atoms with E-state index in [9.17, 15) is 0 Å². The summed E-state index contributed by atoms with van der Waals surface area (Å²) in [6.07, 6.45) is 2.29. The lowest BCUT2D eigenvalue weighted by Crippen LogP contribution is -2.19. The molecular formula is C6H15O2Si. The molecule has 3 heteroatoms. The molecule has 0 amide bonds. The van der Waals surface area contributed by atoms with E-state index in [2.05, 4.69) is 13.0 Å². The zero-order valence-electron chi connectivity index (χ0n) is 6.39. The number of hydrogen-bond acceptors (Lipinski definition) is 2. The van der Waals surface area contributed by atoms with Gasteiger partial charge in [-0.2, -0.15) is 0 Å². The zero-order chi connectivity index (χ0) is 7.11. The highest BCUT2D eigenvalue weighted by molar-refractivity contribution is 6.48. The molecule has 0 aromatic heterocycles. The predicted molar refractivity (Wildman–Crippen MR) is 40.4 cm³/mol. The van der Waals surface area contributed by atoms with Crippen molar-refractivity contribution in [3.8, 4) is 0 Å². The van der Waals surface area contributed by atoms with Crippen LogP contribution in [0.5, 0.6) is 0 Å². The average Bonchev–Trinajstić information content (AvgIpc) is 1.91. The second kappa shape index (κ2) is 6.26. The van der Waals surface area contributed by atoms with E-state index in [0.29, 0.717) is 0 Å². The molecular weight excluding hydrogens is 132 g/mol. The first-order valence-corrected chi connectivity index (χ1v) is 4.85. The summed E-state index contributed by atoms with van der Waals surface area (Å²) in [5, 5.41) is 0. The van der Waals surface area contributed by atoms with E-state index in [1.807, 2.05) is 0 Å². The van der Waals surface area contributed by atoms with Crippen LogP contribution < -0.4 is 0 Å². The molecule has 55 valence electrons. The van der Waals surface area contributed by atoms with Gasteiger partial charge in [0.15, 0.2) is 0 Å². The van der Waals surface area contributed by atoms with Gasteiger partial charge in [0.2, 0.25) is 0 Å². The molecule has 1 radical (unpaired) electrons.